The highest BCUT2D eigenvalue weighted by molar-refractivity contribution is 8.08. The molecule has 0 bridgehead atoms. The van der Waals surface area contributed by atoms with Crippen molar-refractivity contribution in [3.63, 3.8) is 0 Å². The maximum Gasteiger partial charge on any atom is 0.309 e. The van der Waals surface area contributed by atoms with Crippen LogP contribution in [0, 0.1) is 11.8 Å². The number of rotatable bonds is 3. The third kappa shape index (κ3) is 2.75. The monoisotopic (exact) mass is 326 g/mol. The molecule has 4 heteroatoms. The van der Waals surface area contributed by atoms with E-state index in [1.54, 1.807) is 0 Å². The molecule has 2 aliphatic heterocycles. The zero-order chi connectivity index (χ0) is 14.8. The second kappa shape index (κ2) is 4.83. The predicted octanol–water partition coefficient (Wildman–Crippen LogP) is 4.27. The second-order valence-corrected chi connectivity index (χ2v) is 11.4. The number of hydrogen-bond donors (Lipinski definition) is 0. The topological polar surface area (TPSA) is 26.3 Å². The minimum absolute atomic E-state index is 0.0859. The molecule has 4 fully saturated rings. The van der Waals surface area contributed by atoms with E-state index in [2.05, 4.69) is 44.3 Å². The molecule has 4 rings (SSSR count). The molecular weight excluding hydrogens is 300 g/mol. The van der Waals surface area contributed by atoms with Crippen molar-refractivity contribution in [2.75, 3.05) is 0 Å². The first-order chi connectivity index (χ1) is 9.87. The van der Waals surface area contributed by atoms with Gasteiger partial charge in [0.05, 0.1) is 5.92 Å². The zero-order valence-electron chi connectivity index (χ0n) is 13.3. The van der Waals surface area contributed by atoms with Gasteiger partial charge in [0, 0.05) is 20.5 Å². The first kappa shape index (κ1) is 14.7. The summed E-state index contributed by atoms with van der Waals surface area (Å²) in [5.74, 6) is 0.800. The normalized spacial score (nSPS) is 48.0. The largest absolute Gasteiger partial charge is 0.459 e. The number of ether oxygens (including phenoxy) is 1. The van der Waals surface area contributed by atoms with Gasteiger partial charge in [0.25, 0.3) is 0 Å². The Morgan fingerprint density at radius 1 is 1.19 bits per heavy atom. The lowest BCUT2D eigenvalue weighted by atomic mass is 9.75. The molecule has 0 spiro atoms. The smallest absolute Gasteiger partial charge is 0.309 e. The molecule has 0 N–H and O–H groups in total. The van der Waals surface area contributed by atoms with Crippen LogP contribution >= 0.6 is 23.5 Å². The van der Waals surface area contributed by atoms with E-state index in [1.165, 1.54) is 25.7 Å². The lowest BCUT2D eigenvalue weighted by Gasteiger charge is -2.38. The Morgan fingerprint density at radius 2 is 2.00 bits per heavy atom. The molecule has 2 aliphatic carbocycles. The average molecular weight is 327 g/mol. The van der Waals surface area contributed by atoms with Crippen molar-refractivity contribution >= 4 is 29.5 Å². The standard InChI is InChI=1S/C17H26O2S2/c1-16(2,11-6-7-17(3)14(9-11)21-17)19-15(18)10-4-5-12-13(8-10)20-12/h10-14H,4-9H2,1-3H3. The first-order valence-corrected chi connectivity index (χ1v) is 10.3. The van der Waals surface area contributed by atoms with E-state index in [1.807, 2.05) is 0 Å². The van der Waals surface area contributed by atoms with Gasteiger partial charge in [-0.3, -0.25) is 4.79 Å². The summed E-state index contributed by atoms with van der Waals surface area (Å²) < 4.78 is 6.58. The van der Waals surface area contributed by atoms with Crippen molar-refractivity contribution in [3.05, 3.63) is 0 Å². The van der Waals surface area contributed by atoms with Crippen LogP contribution in [0.1, 0.15) is 59.3 Å². The van der Waals surface area contributed by atoms with Crippen LogP contribution in [-0.4, -0.2) is 32.1 Å². The molecule has 2 nitrogen and oxygen atoms in total. The molecule has 2 saturated carbocycles. The van der Waals surface area contributed by atoms with Gasteiger partial charge in [-0.05, 0) is 65.2 Å². The van der Waals surface area contributed by atoms with Gasteiger partial charge in [-0.15, -0.1) is 11.8 Å². The summed E-state index contributed by atoms with van der Waals surface area (Å²) in [4.78, 5) is 12.5. The summed E-state index contributed by atoms with van der Waals surface area (Å²) in [6, 6.07) is 0. The van der Waals surface area contributed by atoms with Crippen molar-refractivity contribution in [2.24, 2.45) is 11.8 Å². The van der Waals surface area contributed by atoms with Gasteiger partial charge in [0.15, 0.2) is 0 Å². The predicted molar refractivity (Wildman–Crippen MR) is 89.8 cm³/mol. The Labute approximate surface area is 136 Å². The second-order valence-electron chi connectivity index (χ2n) is 8.14. The maximum absolute atomic E-state index is 12.5. The molecule has 118 valence electrons. The lowest BCUT2D eigenvalue weighted by molar-refractivity contribution is -0.168. The molecule has 0 aromatic heterocycles. The Morgan fingerprint density at radius 3 is 2.71 bits per heavy atom. The number of esters is 1. The summed E-state index contributed by atoms with van der Waals surface area (Å²) in [5, 5.41) is 2.44. The summed E-state index contributed by atoms with van der Waals surface area (Å²) >= 11 is 4.19. The molecule has 4 aliphatic rings. The number of fused-ring (bicyclic) bond motifs is 2. The molecule has 0 radical (unpaired) electrons. The van der Waals surface area contributed by atoms with Gasteiger partial charge in [0.1, 0.15) is 5.60 Å². The first-order valence-electron chi connectivity index (χ1n) is 8.43. The van der Waals surface area contributed by atoms with E-state index >= 15 is 0 Å². The van der Waals surface area contributed by atoms with Crippen LogP contribution in [0.15, 0.2) is 0 Å². The summed E-state index contributed by atoms with van der Waals surface area (Å²) in [5.41, 5.74) is -0.283. The van der Waals surface area contributed by atoms with E-state index in [-0.39, 0.29) is 17.5 Å². The molecule has 0 amide bonds. The van der Waals surface area contributed by atoms with Gasteiger partial charge in [-0.1, -0.05) is 0 Å². The maximum atomic E-state index is 12.5. The van der Waals surface area contributed by atoms with Crippen molar-refractivity contribution in [1.29, 1.82) is 0 Å². The summed E-state index contributed by atoms with van der Waals surface area (Å²) in [7, 11) is 0. The highest BCUT2D eigenvalue weighted by Gasteiger charge is 2.57. The highest BCUT2D eigenvalue weighted by Crippen LogP contribution is 2.63. The van der Waals surface area contributed by atoms with E-state index in [0.717, 1.165) is 28.6 Å². The van der Waals surface area contributed by atoms with Crippen LogP contribution < -0.4 is 0 Å². The Balaban J connectivity index is 1.35. The molecule has 21 heavy (non-hydrogen) atoms. The number of hydrogen-bond acceptors (Lipinski definition) is 4. The summed E-state index contributed by atoms with van der Waals surface area (Å²) in [6.45, 7) is 6.68. The minimum Gasteiger partial charge on any atom is -0.459 e. The number of carbonyl (C=O) groups is 1. The minimum atomic E-state index is -0.283. The van der Waals surface area contributed by atoms with Gasteiger partial charge in [-0.25, -0.2) is 0 Å². The summed E-state index contributed by atoms with van der Waals surface area (Å²) in [6.07, 6.45) is 7.06. The van der Waals surface area contributed by atoms with Crippen LogP contribution in [-0.2, 0) is 9.53 Å². The Kier molecular flexibility index (Phi) is 3.39. The van der Waals surface area contributed by atoms with Gasteiger partial charge < -0.3 is 4.74 Å². The van der Waals surface area contributed by atoms with E-state index in [0.29, 0.717) is 10.7 Å². The van der Waals surface area contributed by atoms with Crippen molar-refractivity contribution < 1.29 is 9.53 Å². The van der Waals surface area contributed by atoms with Crippen LogP contribution in [0.2, 0.25) is 0 Å². The van der Waals surface area contributed by atoms with Crippen molar-refractivity contribution in [1.82, 2.24) is 0 Å². The van der Waals surface area contributed by atoms with Gasteiger partial charge in [0.2, 0.25) is 0 Å². The third-order valence-electron chi connectivity index (χ3n) is 6.21. The van der Waals surface area contributed by atoms with E-state index in [9.17, 15) is 4.79 Å². The molecule has 0 aromatic rings. The fourth-order valence-electron chi connectivity index (χ4n) is 4.32. The van der Waals surface area contributed by atoms with Gasteiger partial charge >= 0.3 is 5.97 Å². The van der Waals surface area contributed by atoms with Crippen molar-refractivity contribution in [3.8, 4) is 0 Å². The van der Waals surface area contributed by atoms with Gasteiger partial charge in [-0.2, -0.15) is 11.8 Å². The van der Waals surface area contributed by atoms with Crippen LogP contribution in [0.25, 0.3) is 0 Å². The number of thioether (sulfide) groups is 2. The lowest BCUT2D eigenvalue weighted by Crippen LogP contribution is -2.42. The quantitative estimate of drug-likeness (QED) is 0.571. The van der Waals surface area contributed by atoms with E-state index in [4.69, 9.17) is 4.74 Å². The highest BCUT2D eigenvalue weighted by atomic mass is 32.2. The molecular formula is C17H26O2S2. The fourth-order valence-corrected chi connectivity index (χ4v) is 6.90. The zero-order valence-corrected chi connectivity index (χ0v) is 14.9. The molecule has 0 aromatic carbocycles. The van der Waals surface area contributed by atoms with Crippen molar-refractivity contribution in [2.45, 2.75) is 85.4 Å². The average Bonchev–Trinajstić information content (AvgIpc) is 3.30. The molecule has 6 unspecified atom stereocenters. The Bertz CT molecular complexity index is 464. The Hall–Kier alpha value is 0.170. The fraction of sp³-hybridized carbons (Fsp3) is 0.941. The third-order valence-corrected chi connectivity index (χ3v) is 9.45. The van der Waals surface area contributed by atoms with Crippen LogP contribution in [0.4, 0.5) is 0 Å². The van der Waals surface area contributed by atoms with Crippen LogP contribution in [0.5, 0.6) is 0 Å². The number of carbonyl (C=O) groups excluding carboxylic acids is 1. The SMILES string of the molecule is CC(C)(OC(=O)C1CCC2SC2C1)C1CCC2(C)SC2C1. The van der Waals surface area contributed by atoms with Crippen LogP contribution in [0.3, 0.4) is 0 Å². The molecule has 6 atom stereocenters. The molecule has 2 heterocycles. The van der Waals surface area contributed by atoms with E-state index < -0.39 is 0 Å². The molecule has 2 saturated heterocycles.